The fourth-order valence-electron chi connectivity index (χ4n) is 4.14. The van der Waals surface area contributed by atoms with E-state index in [9.17, 15) is 9.90 Å². The van der Waals surface area contributed by atoms with Crippen molar-refractivity contribution in [2.45, 2.75) is 56.8 Å². The van der Waals surface area contributed by atoms with Gasteiger partial charge in [0.05, 0.1) is 13.5 Å². The van der Waals surface area contributed by atoms with Gasteiger partial charge in [-0.2, -0.15) is 0 Å². The number of rotatable bonds is 6. The molecule has 0 unspecified atom stereocenters. The van der Waals surface area contributed by atoms with Crippen LogP contribution in [0.1, 0.15) is 19.4 Å². The number of benzene rings is 2. The zero-order valence-corrected chi connectivity index (χ0v) is 18.4. The van der Waals surface area contributed by atoms with Crippen molar-refractivity contribution in [2.24, 2.45) is 5.73 Å². The first-order valence-corrected chi connectivity index (χ1v) is 10.6. The first kappa shape index (κ1) is 22.7. The van der Waals surface area contributed by atoms with E-state index in [2.05, 4.69) is 0 Å². The summed E-state index contributed by atoms with van der Waals surface area (Å²) in [5.41, 5.74) is 8.36. The van der Waals surface area contributed by atoms with Crippen LogP contribution in [0.2, 0.25) is 0 Å². The third kappa shape index (κ3) is 4.65. The molecule has 0 spiro atoms. The second-order valence-electron chi connectivity index (χ2n) is 8.40. The molecular weight excluding hydrogens is 414 g/mol. The van der Waals surface area contributed by atoms with Gasteiger partial charge in [-0.3, -0.25) is 4.79 Å². The predicted molar refractivity (Wildman–Crippen MR) is 116 cm³/mol. The largest absolute Gasteiger partial charge is 0.469 e. The first-order chi connectivity index (χ1) is 15.3. The van der Waals surface area contributed by atoms with Crippen LogP contribution in [0, 0.1) is 0 Å². The molecule has 2 aliphatic heterocycles. The number of aliphatic hydroxyl groups is 1. The van der Waals surface area contributed by atoms with E-state index in [1.807, 2.05) is 48.5 Å². The Bertz CT molecular complexity index is 963. The Morgan fingerprint density at radius 1 is 1.12 bits per heavy atom. The van der Waals surface area contributed by atoms with E-state index in [0.717, 1.165) is 16.7 Å². The second-order valence-corrected chi connectivity index (χ2v) is 8.40. The fourth-order valence-corrected chi connectivity index (χ4v) is 4.14. The number of hydrogen-bond donors (Lipinski definition) is 2. The van der Waals surface area contributed by atoms with Gasteiger partial charge < -0.3 is 34.5 Å². The van der Waals surface area contributed by atoms with Crippen molar-refractivity contribution < 1.29 is 33.6 Å². The van der Waals surface area contributed by atoms with Crippen molar-refractivity contribution >= 4 is 5.97 Å². The lowest BCUT2D eigenvalue weighted by Crippen LogP contribution is -2.59. The highest BCUT2D eigenvalue weighted by Crippen LogP contribution is 2.39. The number of aliphatic hydroxyl groups excluding tert-OH is 1. The molecule has 0 radical (unpaired) electrons. The number of carbonyl (C=O) groups excluding carboxylic acids is 1. The molecule has 32 heavy (non-hydrogen) atoms. The van der Waals surface area contributed by atoms with Gasteiger partial charge in [0.2, 0.25) is 6.29 Å². The van der Waals surface area contributed by atoms with Crippen LogP contribution in [0.4, 0.5) is 0 Å². The van der Waals surface area contributed by atoms with Crippen LogP contribution in [0.5, 0.6) is 5.75 Å². The van der Waals surface area contributed by atoms with Crippen molar-refractivity contribution in [3.8, 4) is 16.9 Å². The molecule has 2 aliphatic rings. The highest BCUT2D eigenvalue weighted by Gasteiger charge is 2.55. The van der Waals surface area contributed by atoms with E-state index in [4.69, 9.17) is 29.4 Å². The summed E-state index contributed by atoms with van der Waals surface area (Å²) in [4.78, 5) is 11.7. The number of ether oxygens (including phenoxy) is 5. The zero-order valence-electron chi connectivity index (χ0n) is 18.4. The molecule has 2 aromatic carbocycles. The molecule has 0 saturated carbocycles. The molecule has 2 saturated heterocycles. The van der Waals surface area contributed by atoms with Gasteiger partial charge in [-0.15, -0.1) is 0 Å². The maximum absolute atomic E-state index is 11.7. The van der Waals surface area contributed by atoms with Gasteiger partial charge in [0.1, 0.15) is 24.1 Å². The van der Waals surface area contributed by atoms with E-state index in [1.165, 1.54) is 7.11 Å². The highest BCUT2D eigenvalue weighted by molar-refractivity contribution is 5.75. The molecule has 2 heterocycles. The van der Waals surface area contributed by atoms with Crippen LogP contribution in [-0.2, 0) is 30.2 Å². The molecule has 5 atom stereocenters. The summed E-state index contributed by atoms with van der Waals surface area (Å²) in [5.74, 6) is -0.611. The standard InChI is InChI=1S/C24H29NO7/c1-24(2)31-21-20(27)18(13-25)30-23(22(21)32-24)29-17-10-5-4-9-16(17)15-8-6-7-14(11-15)12-19(26)28-3/h4-11,18,20-23,27H,12-13,25H2,1-3H3/t18-,20-,21+,22+,23+/m1/s1. The third-order valence-corrected chi connectivity index (χ3v) is 5.63. The highest BCUT2D eigenvalue weighted by atomic mass is 16.8. The van der Waals surface area contributed by atoms with Crippen LogP contribution in [0.25, 0.3) is 11.1 Å². The molecule has 0 bridgehead atoms. The minimum absolute atomic E-state index is 0.116. The number of methoxy groups -OCH3 is 1. The minimum atomic E-state index is -0.920. The molecule has 0 aromatic heterocycles. The van der Waals surface area contributed by atoms with Gasteiger partial charge in [-0.25, -0.2) is 0 Å². The molecule has 2 fully saturated rings. The van der Waals surface area contributed by atoms with Crippen LogP contribution >= 0.6 is 0 Å². The number of esters is 1. The number of hydrogen-bond acceptors (Lipinski definition) is 8. The molecule has 2 aromatic rings. The summed E-state index contributed by atoms with van der Waals surface area (Å²) in [7, 11) is 1.37. The summed E-state index contributed by atoms with van der Waals surface area (Å²) in [6, 6.07) is 15.2. The Hall–Kier alpha value is -2.49. The average Bonchev–Trinajstić information content (AvgIpc) is 3.12. The number of nitrogens with two attached hydrogens (primary N) is 1. The van der Waals surface area contributed by atoms with Gasteiger partial charge >= 0.3 is 5.97 Å². The molecule has 0 aliphatic carbocycles. The molecule has 172 valence electrons. The Balaban J connectivity index is 1.62. The van der Waals surface area contributed by atoms with Gasteiger partial charge in [0, 0.05) is 12.1 Å². The Morgan fingerprint density at radius 2 is 1.88 bits per heavy atom. The predicted octanol–water partition coefficient (Wildman–Crippen LogP) is 2.01. The Morgan fingerprint density at radius 3 is 2.62 bits per heavy atom. The fraction of sp³-hybridized carbons (Fsp3) is 0.458. The van der Waals surface area contributed by atoms with Gasteiger partial charge in [-0.1, -0.05) is 42.5 Å². The van der Waals surface area contributed by atoms with Gasteiger partial charge in [0.25, 0.3) is 0 Å². The summed E-state index contributed by atoms with van der Waals surface area (Å²) >= 11 is 0. The van der Waals surface area contributed by atoms with Crippen molar-refractivity contribution in [2.75, 3.05) is 13.7 Å². The summed E-state index contributed by atoms with van der Waals surface area (Å²) < 4.78 is 28.9. The van der Waals surface area contributed by atoms with Crippen LogP contribution < -0.4 is 10.5 Å². The van der Waals surface area contributed by atoms with Crippen LogP contribution in [0.3, 0.4) is 0 Å². The SMILES string of the molecule is COC(=O)Cc1cccc(-c2ccccc2O[C@H]2O[C@H](CN)[C@@H](O)[C@@H]3OC(C)(C)O[C@H]23)c1. The number of carbonyl (C=O) groups is 1. The number of para-hydroxylation sites is 1. The normalized spacial score (nSPS) is 28.7. The van der Waals surface area contributed by atoms with Gasteiger partial charge in [-0.05, 0) is 31.0 Å². The molecular formula is C24H29NO7. The number of fused-ring (bicyclic) bond motifs is 1. The van der Waals surface area contributed by atoms with Crippen molar-refractivity contribution in [1.82, 2.24) is 0 Å². The van der Waals surface area contributed by atoms with Crippen molar-refractivity contribution in [1.29, 1.82) is 0 Å². The van der Waals surface area contributed by atoms with Crippen LogP contribution in [0.15, 0.2) is 48.5 Å². The van der Waals surface area contributed by atoms with Crippen LogP contribution in [-0.4, -0.2) is 61.2 Å². The molecule has 8 nitrogen and oxygen atoms in total. The monoisotopic (exact) mass is 443 g/mol. The minimum Gasteiger partial charge on any atom is -0.469 e. The second kappa shape index (κ2) is 9.17. The van der Waals surface area contributed by atoms with E-state index in [0.29, 0.717) is 5.75 Å². The Labute approximate surface area is 187 Å². The first-order valence-electron chi connectivity index (χ1n) is 10.6. The maximum atomic E-state index is 11.7. The average molecular weight is 443 g/mol. The molecule has 4 rings (SSSR count). The summed E-state index contributed by atoms with van der Waals surface area (Å²) in [6.07, 6.45) is -3.45. The van der Waals surface area contributed by atoms with E-state index in [-0.39, 0.29) is 18.9 Å². The lowest BCUT2D eigenvalue weighted by atomic mass is 9.98. The van der Waals surface area contributed by atoms with E-state index in [1.54, 1.807) is 13.8 Å². The smallest absolute Gasteiger partial charge is 0.309 e. The topological polar surface area (TPSA) is 109 Å². The lowest BCUT2D eigenvalue weighted by Gasteiger charge is -2.39. The van der Waals surface area contributed by atoms with E-state index >= 15 is 0 Å². The summed E-state index contributed by atoms with van der Waals surface area (Å²) in [6.45, 7) is 3.69. The zero-order chi connectivity index (χ0) is 22.9. The van der Waals surface area contributed by atoms with Gasteiger partial charge in [0.15, 0.2) is 11.9 Å². The van der Waals surface area contributed by atoms with Crippen molar-refractivity contribution in [3.05, 3.63) is 54.1 Å². The third-order valence-electron chi connectivity index (χ3n) is 5.63. The summed E-state index contributed by atoms with van der Waals surface area (Å²) in [5, 5.41) is 10.6. The molecule has 3 N–H and O–H groups in total. The maximum Gasteiger partial charge on any atom is 0.309 e. The quantitative estimate of drug-likeness (QED) is 0.653. The molecule has 0 amide bonds. The molecule has 8 heteroatoms. The lowest BCUT2D eigenvalue weighted by molar-refractivity contribution is -0.243. The van der Waals surface area contributed by atoms with Crippen molar-refractivity contribution in [3.63, 3.8) is 0 Å². The van der Waals surface area contributed by atoms with E-state index < -0.39 is 36.5 Å². The Kier molecular flexibility index (Phi) is 6.50.